The second-order valence-corrected chi connectivity index (χ2v) is 7.48. The predicted octanol–water partition coefficient (Wildman–Crippen LogP) is 1.33. The van der Waals surface area contributed by atoms with Crippen molar-refractivity contribution in [2.45, 2.75) is 44.4 Å². The minimum Gasteiger partial charge on any atom is -0.351 e. The Labute approximate surface area is 108 Å². The van der Waals surface area contributed by atoms with Crippen LogP contribution in [0.3, 0.4) is 0 Å². The molecule has 0 aromatic heterocycles. The normalized spacial score (nSPS) is 25.5. The first-order valence-electron chi connectivity index (χ1n) is 5.96. The predicted molar refractivity (Wildman–Crippen MR) is 68.9 cm³/mol. The van der Waals surface area contributed by atoms with Gasteiger partial charge in [-0.1, -0.05) is 20.3 Å². The van der Waals surface area contributed by atoms with Gasteiger partial charge in [0.25, 0.3) is 0 Å². The van der Waals surface area contributed by atoms with Crippen molar-refractivity contribution in [3.8, 4) is 0 Å². The molecular weight excluding hydrogens is 262 g/mol. The fraction of sp³-hybridized carbons (Fsp3) is 0.909. The summed E-state index contributed by atoms with van der Waals surface area (Å²) in [6.45, 7) is 3.89. The minimum atomic E-state index is -3.26. The van der Waals surface area contributed by atoms with E-state index in [9.17, 15) is 13.2 Å². The van der Waals surface area contributed by atoms with E-state index in [0.29, 0.717) is 18.7 Å². The lowest BCUT2D eigenvalue weighted by molar-refractivity contribution is -0.121. The number of amides is 1. The summed E-state index contributed by atoms with van der Waals surface area (Å²) in [5.41, 5.74) is 0. The Bertz CT molecular complexity index is 367. The van der Waals surface area contributed by atoms with E-state index in [4.69, 9.17) is 11.6 Å². The van der Waals surface area contributed by atoms with Gasteiger partial charge in [-0.05, 0) is 18.8 Å². The van der Waals surface area contributed by atoms with Gasteiger partial charge in [0.1, 0.15) is 5.25 Å². The summed E-state index contributed by atoms with van der Waals surface area (Å²) >= 11 is 5.75. The minimum absolute atomic E-state index is 0.123. The van der Waals surface area contributed by atoms with Crippen molar-refractivity contribution in [3.63, 3.8) is 0 Å². The molecule has 0 radical (unpaired) electrons. The summed E-state index contributed by atoms with van der Waals surface area (Å²) in [5, 5.41) is 1.87. The van der Waals surface area contributed by atoms with E-state index in [-0.39, 0.29) is 23.6 Å². The van der Waals surface area contributed by atoms with Crippen LogP contribution >= 0.6 is 11.6 Å². The summed E-state index contributed by atoms with van der Waals surface area (Å²) in [6, 6.07) is -0.165. The monoisotopic (exact) mass is 281 g/mol. The van der Waals surface area contributed by atoms with Crippen molar-refractivity contribution in [1.82, 2.24) is 5.32 Å². The topological polar surface area (TPSA) is 63.2 Å². The van der Waals surface area contributed by atoms with Gasteiger partial charge < -0.3 is 5.32 Å². The third-order valence-electron chi connectivity index (χ3n) is 3.17. The number of sulfone groups is 1. The number of hydrogen-bond donors (Lipinski definition) is 1. The van der Waals surface area contributed by atoms with Crippen LogP contribution in [0.4, 0.5) is 0 Å². The Morgan fingerprint density at radius 2 is 2.06 bits per heavy atom. The summed E-state index contributed by atoms with van der Waals surface area (Å²) in [5.74, 6) is 0.237. The van der Waals surface area contributed by atoms with Crippen molar-refractivity contribution in [3.05, 3.63) is 0 Å². The molecule has 1 N–H and O–H groups in total. The maximum Gasteiger partial charge on any atom is 0.238 e. The van der Waals surface area contributed by atoms with Gasteiger partial charge in [0.05, 0.1) is 5.75 Å². The zero-order valence-corrected chi connectivity index (χ0v) is 11.9. The SMILES string of the molecule is CC(C)C(CCl)NC(=O)C1CCCCS1(=O)=O. The molecule has 100 valence electrons. The number of carbonyl (C=O) groups excluding carboxylic acids is 1. The number of nitrogens with one attached hydrogen (secondary N) is 1. The lowest BCUT2D eigenvalue weighted by atomic mass is 10.1. The zero-order chi connectivity index (χ0) is 13.1. The van der Waals surface area contributed by atoms with Crippen LogP contribution in [0.25, 0.3) is 0 Å². The van der Waals surface area contributed by atoms with Crippen LogP contribution in [0.2, 0.25) is 0 Å². The van der Waals surface area contributed by atoms with E-state index in [1.807, 2.05) is 13.8 Å². The first kappa shape index (κ1) is 14.8. The molecule has 2 atom stereocenters. The van der Waals surface area contributed by atoms with Crippen LogP contribution in [0.5, 0.6) is 0 Å². The molecule has 0 aromatic carbocycles. The molecule has 2 unspecified atom stereocenters. The molecule has 0 bridgehead atoms. The molecule has 0 spiro atoms. The van der Waals surface area contributed by atoms with E-state index in [2.05, 4.69) is 5.32 Å². The smallest absolute Gasteiger partial charge is 0.238 e. The van der Waals surface area contributed by atoms with E-state index in [0.717, 1.165) is 6.42 Å². The zero-order valence-electron chi connectivity index (χ0n) is 10.3. The highest BCUT2D eigenvalue weighted by Gasteiger charge is 2.35. The van der Waals surface area contributed by atoms with Gasteiger partial charge in [0.2, 0.25) is 5.91 Å². The third-order valence-corrected chi connectivity index (χ3v) is 5.68. The Kier molecular flexibility index (Phi) is 5.25. The lowest BCUT2D eigenvalue weighted by Gasteiger charge is -2.25. The fourth-order valence-electron chi connectivity index (χ4n) is 1.91. The van der Waals surface area contributed by atoms with Crippen molar-refractivity contribution < 1.29 is 13.2 Å². The largest absolute Gasteiger partial charge is 0.351 e. The lowest BCUT2D eigenvalue weighted by Crippen LogP contribution is -2.48. The highest BCUT2D eigenvalue weighted by Crippen LogP contribution is 2.20. The summed E-state index contributed by atoms with van der Waals surface area (Å²) in [6.07, 6.45) is 1.89. The molecule has 17 heavy (non-hydrogen) atoms. The second kappa shape index (κ2) is 6.05. The Balaban J connectivity index is 2.69. The first-order chi connectivity index (χ1) is 7.88. The van der Waals surface area contributed by atoms with E-state index in [1.165, 1.54) is 0 Å². The van der Waals surface area contributed by atoms with Gasteiger partial charge >= 0.3 is 0 Å². The van der Waals surface area contributed by atoms with Crippen LogP contribution in [-0.4, -0.2) is 37.2 Å². The molecule has 1 aliphatic heterocycles. The van der Waals surface area contributed by atoms with E-state index >= 15 is 0 Å². The van der Waals surface area contributed by atoms with E-state index in [1.54, 1.807) is 0 Å². The Morgan fingerprint density at radius 3 is 2.53 bits per heavy atom. The molecule has 1 saturated heterocycles. The molecule has 0 aromatic rings. The average Bonchev–Trinajstić information content (AvgIpc) is 2.24. The molecule has 1 fully saturated rings. The maximum absolute atomic E-state index is 11.9. The molecule has 6 heteroatoms. The molecule has 1 rings (SSSR count). The van der Waals surface area contributed by atoms with Gasteiger partial charge in [0, 0.05) is 11.9 Å². The standard InChI is InChI=1S/C11H20ClNO3S/c1-8(2)9(7-12)13-11(14)10-5-3-4-6-17(10,15)16/h8-10H,3-7H2,1-2H3,(H,13,14). The van der Waals surface area contributed by atoms with Gasteiger partial charge in [-0.15, -0.1) is 11.6 Å². The number of carbonyl (C=O) groups is 1. The number of rotatable bonds is 4. The molecule has 0 saturated carbocycles. The van der Waals surface area contributed by atoms with Crippen LogP contribution in [0.15, 0.2) is 0 Å². The molecule has 1 heterocycles. The fourth-order valence-corrected chi connectivity index (χ4v) is 4.15. The summed E-state index contributed by atoms with van der Waals surface area (Å²) in [4.78, 5) is 11.9. The summed E-state index contributed by atoms with van der Waals surface area (Å²) < 4.78 is 23.5. The van der Waals surface area contributed by atoms with Crippen LogP contribution < -0.4 is 5.32 Å². The van der Waals surface area contributed by atoms with Crippen LogP contribution in [0.1, 0.15) is 33.1 Å². The maximum atomic E-state index is 11.9. The van der Waals surface area contributed by atoms with Crippen molar-refractivity contribution in [2.24, 2.45) is 5.92 Å². The van der Waals surface area contributed by atoms with Crippen molar-refractivity contribution >= 4 is 27.3 Å². The second-order valence-electron chi connectivity index (χ2n) is 4.86. The molecular formula is C11H20ClNO3S. The van der Waals surface area contributed by atoms with Crippen LogP contribution in [-0.2, 0) is 14.6 Å². The molecule has 1 amide bonds. The molecule has 4 nitrogen and oxygen atoms in total. The quantitative estimate of drug-likeness (QED) is 0.791. The third kappa shape index (κ3) is 3.85. The summed E-state index contributed by atoms with van der Waals surface area (Å²) in [7, 11) is -3.26. The number of hydrogen-bond acceptors (Lipinski definition) is 3. The van der Waals surface area contributed by atoms with Crippen molar-refractivity contribution in [1.29, 1.82) is 0 Å². The highest BCUT2D eigenvalue weighted by molar-refractivity contribution is 7.92. The van der Waals surface area contributed by atoms with Crippen LogP contribution in [0, 0.1) is 5.92 Å². The van der Waals surface area contributed by atoms with Gasteiger partial charge in [-0.3, -0.25) is 4.79 Å². The number of alkyl halides is 1. The first-order valence-corrected chi connectivity index (χ1v) is 8.21. The number of halogens is 1. The Hall–Kier alpha value is -0.290. The van der Waals surface area contributed by atoms with Gasteiger partial charge in [0.15, 0.2) is 9.84 Å². The molecule has 0 aliphatic carbocycles. The Morgan fingerprint density at radius 1 is 1.41 bits per heavy atom. The van der Waals surface area contributed by atoms with Gasteiger partial charge in [-0.2, -0.15) is 0 Å². The average molecular weight is 282 g/mol. The molecule has 1 aliphatic rings. The van der Waals surface area contributed by atoms with Gasteiger partial charge in [-0.25, -0.2) is 8.42 Å². The van der Waals surface area contributed by atoms with Crippen molar-refractivity contribution in [2.75, 3.05) is 11.6 Å². The highest BCUT2D eigenvalue weighted by atomic mass is 35.5. The van der Waals surface area contributed by atoms with E-state index < -0.39 is 15.1 Å².